The molecule has 0 radical (unpaired) electrons. The number of hydrogen-bond donors (Lipinski definition) is 3. The fourth-order valence-corrected chi connectivity index (χ4v) is 5.20. The van der Waals surface area contributed by atoms with Gasteiger partial charge in [0.2, 0.25) is 11.8 Å². The van der Waals surface area contributed by atoms with Gasteiger partial charge in [-0.3, -0.25) is 19.8 Å². The predicted octanol–water partition coefficient (Wildman–Crippen LogP) is 2.29. The smallest absolute Gasteiger partial charge is 0.404 e. The number of hydrogen-bond acceptors (Lipinski definition) is 5. The quantitative estimate of drug-likeness (QED) is 0.600. The summed E-state index contributed by atoms with van der Waals surface area (Å²) in [6.07, 6.45) is 3.51. The standard InChI is InChI=1S/C23H31FN4O4/c24-20-13-17(5-6-18(20)19-7-8-21(29)26-22(19)30)28-11-9-27(10-12-28)14-15-1-3-16(4-2-15)25-23(31)32/h5-6,13,15-16,19,25H,1-4,7-12,14H2,(H,31,32)(H,26,29,30)/t15-,16-,19?. The van der Waals surface area contributed by atoms with Gasteiger partial charge >= 0.3 is 6.09 Å². The topological polar surface area (TPSA) is 102 Å². The lowest BCUT2D eigenvalue weighted by Crippen LogP contribution is -2.48. The number of carbonyl (C=O) groups excluding carboxylic acids is 2. The number of nitrogens with zero attached hydrogens (tertiary/aromatic N) is 2. The van der Waals surface area contributed by atoms with Gasteiger partial charge in [-0.2, -0.15) is 0 Å². The van der Waals surface area contributed by atoms with Crippen LogP contribution in [0.2, 0.25) is 0 Å². The summed E-state index contributed by atoms with van der Waals surface area (Å²) in [6, 6.07) is 5.14. The van der Waals surface area contributed by atoms with E-state index in [0.717, 1.165) is 64.1 Å². The molecule has 2 saturated heterocycles. The number of amides is 3. The number of anilines is 1. The van der Waals surface area contributed by atoms with E-state index in [-0.39, 0.29) is 18.4 Å². The molecule has 9 heteroatoms. The second-order valence-electron chi connectivity index (χ2n) is 9.16. The maximum Gasteiger partial charge on any atom is 0.404 e. The van der Waals surface area contributed by atoms with Gasteiger partial charge in [0.15, 0.2) is 0 Å². The zero-order chi connectivity index (χ0) is 22.7. The second-order valence-corrected chi connectivity index (χ2v) is 9.16. The molecule has 1 aromatic carbocycles. The molecule has 1 unspecified atom stereocenters. The van der Waals surface area contributed by atoms with Crippen molar-refractivity contribution < 1.29 is 23.9 Å². The van der Waals surface area contributed by atoms with Crippen LogP contribution in [0.15, 0.2) is 18.2 Å². The molecule has 3 amide bonds. The number of piperidine rings is 1. The highest BCUT2D eigenvalue weighted by atomic mass is 19.1. The summed E-state index contributed by atoms with van der Waals surface area (Å²) in [6.45, 7) is 4.46. The van der Waals surface area contributed by atoms with Crippen LogP contribution in [0.25, 0.3) is 0 Å². The van der Waals surface area contributed by atoms with Gasteiger partial charge in [-0.05, 0) is 50.2 Å². The van der Waals surface area contributed by atoms with Crippen molar-refractivity contribution in [1.82, 2.24) is 15.5 Å². The predicted molar refractivity (Wildman–Crippen MR) is 117 cm³/mol. The van der Waals surface area contributed by atoms with Crippen molar-refractivity contribution in [2.24, 2.45) is 5.92 Å². The largest absolute Gasteiger partial charge is 0.465 e. The summed E-state index contributed by atoms with van der Waals surface area (Å²) in [5, 5.41) is 13.7. The van der Waals surface area contributed by atoms with Gasteiger partial charge in [0, 0.05) is 56.4 Å². The Hall–Kier alpha value is -2.68. The molecule has 2 aliphatic heterocycles. The molecular weight excluding hydrogens is 415 g/mol. The third-order valence-corrected chi connectivity index (χ3v) is 7.03. The Kier molecular flexibility index (Phi) is 6.93. The number of piperazine rings is 1. The highest BCUT2D eigenvalue weighted by molar-refractivity contribution is 6.01. The van der Waals surface area contributed by atoms with Crippen LogP contribution in [0.3, 0.4) is 0 Å². The minimum Gasteiger partial charge on any atom is -0.465 e. The van der Waals surface area contributed by atoms with Crippen molar-refractivity contribution in [3.63, 3.8) is 0 Å². The van der Waals surface area contributed by atoms with E-state index in [1.54, 1.807) is 6.07 Å². The summed E-state index contributed by atoms with van der Waals surface area (Å²) in [5.74, 6) is -1.13. The Morgan fingerprint density at radius 2 is 1.81 bits per heavy atom. The van der Waals surface area contributed by atoms with Crippen molar-refractivity contribution in [3.05, 3.63) is 29.6 Å². The van der Waals surface area contributed by atoms with Gasteiger partial charge in [-0.1, -0.05) is 6.07 Å². The molecular formula is C23H31FN4O4. The first-order chi connectivity index (χ1) is 15.4. The molecule has 2 heterocycles. The summed E-state index contributed by atoms with van der Waals surface area (Å²) in [5.41, 5.74) is 1.17. The van der Waals surface area contributed by atoms with Gasteiger partial charge < -0.3 is 15.3 Å². The lowest BCUT2D eigenvalue weighted by atomic mass is 9.85. The third-order valence-electron chi connectivity index (χ3n) is 7.03. The van der Waals surface area contributed by atoms with Crippen LogP contribution >= 0.6 is 0 Å². The van der Waals surface area contributed by atoms with Crippen LogP contribution in [0.5, 0.6) is 0 Å². The van der Waals surface area contributed by atoms with E-state index in [9.17, 15) is 18.8 Å². The molecule has 3 fully saturated rings. The number of carboxylic acid groups (broad SMARTS) is 1. The molecule has 0 bridgehead atoms. The molecule has 3 N–H and O–H groups in total. The first-order valence-electron chi connectivity index (χ1n) is 11.5. The van der Waals surface area contributed by atoms with Gasteiger partial charge in [0.25, 0.3) is 0 Å². The summed E-state index contributed by atoms with van der Waals surface area (Å²) in [4.78, 5) is 38.8. The van der Waals surface area contributed by atoms with Crippen molar-refractivity contribution in [1.29, 1.82) is 0 Å². The maximum atomic E-state index is 14.8. The minimum absolute atomic E-state index is 0.0821. The van der Waals surface area contributed by atoms with Gasteiger partial charge in [-0.25, -0.2) is 9.18 Å². The Morgan fingerprint density at radius 1 is 1.09 bits per heavy atom. The zero-order valence-electron chi connectivity index (χ0n) is 18.2. The first kappa shape index (κ1) is 22.5. The number of halogens is 1. The molecule has 3 aliphatic rings. The number of nitrogens with one attached hydrogen (secondary N) is 2. The lowest BCUT2D eigenvalue weighted by Gasteiger charge is -2.39. The SMILES string of the molecule is O=C1CCC(c2ccc(N3CCN(C[C@H]4CC[C@H](NC(=O)O)CC4)CC3)cc2F)C(=O)N1. The lowest BCUT2D eigenvalue weighted by molar-refractivity contribution is -0.134. The van der Waals surface area contributed by atoms with Crippen LogP contribution in [-0.2, 0) is 9.59 Å². The van der Waals surface area contributed by atoms with E-state index in [1.807, 2.05) is 6.07 Å². The highest BCUT2D eigenvalue weighted by Gasteiger charge is 2.30. The van der Waals surface area contributed by atoms with Gasteiger partial charge in [-0.15, -0.1) is 0 Å². The molecule has 1 atom stereocenters. The zero-order valence-corrected chi connectivity index (χ0v) is 18.2. The van der Waals surface area contributed by atoms with E-state index in [0.29, 0.717) is 17.9 Å². The average Bonchev–Trinajstić information content (AvgIpc) is 2.76. The van der Waals surface area contributed by atoms with Crippen LogP contribution in [0.4, 0.5) is 14.9 Å². The molecule has 32 heavy (non-hydrogen) atoms. The van der Waals surface area contributed by atoms with Crippen LogP contribution in [0.1, 0.15) is 50.0 Å². The summed E-state index contributed by atoms with van der Waals surface area (Å²) in [7, 11) is 0. The van der Waals surface area contributed by atoms with Gasteiger partial charge in [0.1, 0.15) is 5.82 Å². The monoisotopic (exact) mass is 446 g/mol. The minimum atomic E-state index is -0.939. The summed E-state index contributed by atoms with van der Waals surface area (Å²) < 4.78 is 14.8. The van der Waals surface area contributed by atoms with Crippen LogP contribution in [0, 0.1) is 11.7 Å². The molecule has 1 saturated carbocycles. The van der Waals surface area contributed by atoms with E-state index in [2.05, 4.69) is 20.4 Å². The Labute approximate surface area is 187 Å². The van der Waals surface area contributed by atoms with Crippen LogP contribution in [-0.4, -0.2) is 66.7 Å². The van der Waals surface area contributed by atoms with E-state index < -0.39 is 23.7 Å². The molecule has 4 rings (SSSR count). The number of rotatable bonds is 5. The highest BCUT2D eigenvalue weighted by Crippen LogP contribution is 2.30. The van der Waals surface area contributed by atoms with Crippen molar-refractivity contribution >= 4 is 23.6 Å². The van der Waals surface area contributed by atoms with Gasteiger partial charge in [0.05, 0.1) is 5.92 Å². The number of benzene rings is 1. The van der Waals surface area contributed by atoms with Crippen LogP contribution < -0.4 is 15.5 Å². The molecule has 1 aliphatic carbocycles. The average molecular weight is 447 g/mol. The summed E-state index contributed by atoms with van der Waals surface area (Å²) >= 11 is 0. The Bertz CT molecular complexity index is 864. The molecule has 174 valence electrons. The van der Waals surface area contributed by atoms with E-state index in [1.165, 1.54) is 6.07 Å². The number of imide groups is 1. The van der Waals surface area contributed by atoms with E-state index in [4.69, 9.17) is 5.11 Å². The first-order valence-corrected chi connectivity index (χ1v) is 11.5. The molecule has 0 spiro atoms. The Balaban J connectivity index is 1.26. The number of carbonyl (C=O) groups is 3. The maximum absolute atomic E-state index is 14.8. The Morgan fingerprint density at radius 3 is 2.44 bits per heavy atom. The van der Waals surface area contributed by atoms with E-state index >= 15 is 0 Å². The fourth-order valence-electron chi connectivity index (χ4n) is 5.20. The third kappa shape index (κ3) is 5.38. The molecule has 8 nitrogen and oxygen atoms in total. The molecule has 0 aromatic heterocycles. The van der Waals surface area contributed by atoms with Crippen molar-refractivity contribution in [3.8, 4) is 0 Å². The van der Waals surface area contributed by atoms with Crippen molar-refractivity contribution in [2.45, 2.75) is 50.5 Å². The normalized spacial score (nSPS) is 27.2. The fraction of sp³-hybridized carbons (Fsp3) is 0.609. The second kappa shape index (κ2) is 9.85. The van der Waals surface area contributed by atoms with Crippen molar-refractivity contribution in [2.75, 3.05) is 37.6 Å². The molecule has 1 aromatic rings.